The Morgan fingerprint density at radius 2 is 2.11 bits per heavy atom. The molecule has 1 N–H and O–H groups in total. The fourth-order valence-corrected chi connectivity index (χ4v) is 1.87. The fourth-order valence-electron chi connectivity index (χ4n) is 1.87. The Kier molecular flexibility index (Phi) is 4.16. The lowest BCUT2D eigenvalue weighted by Gasteiger charge is -2.21. The van der Waals surface area contributed by atoms with Gasteiger partial charge in [0.1, 0.15) is 5.82 Å². The van der Waals surface area contributed by atoms with Crippen molar-refractivity contribution in [2.24, 2.45) is 0 Å². The lowest BCUT2D eigenvalue weighted by atomic mass is 10.2. The second kappa shape index (κ2) is 5.83. The Bertz CT molecular complexity index is 420. The zero-order chi connectivity index (χ0) is 13.0. The summed E-state index contributed by atoms with van der Waals surface area (Å²) in [5, 5.41) is 12.4. The standard InChI is InChI=1S/C14H18FN3/c1-18(14-6-2-11(15)3-7-14)9-8-13(10-16)17-12-4-5-12/h2-3,6-7,12-13,17H,4-5,8-9H2,1H3. The summed E-state index contributed by atoms with van der Waals surface area (Å²) in [5.74, 6) is -0.225. The highest BCUT2D eigenvalue weighted by atomic mass is 19.1. The van der Waals surface area contributed by atoms with Crippen LogP contribution in [0.15, 0.2) is 24.3 Å². The third-order valence-electron chi connectivity index (χ3n) is 3.19. The molecule has 1 aromatic rings. The molecule has 1 fully saturated rings. The molecule has 0 amide bonds. The summed E-state index contributed by atoms with van der Waals surface area (Å²) in [5.41, 5.74) is 0.972. The molecule has 1 saturated carbocycles. The first kappa shape index (κ1) is 12.8. The minimum Gasteiger partial charge on any atom is -0.374 e. The smallest absolute Gasteiger partial charge is 0.123 e. The minimum atomic E-state index is -0.225. The van der Waals surface area contributed by atoms with Crippen molar-refractivity contribution in [2.75, 3.05) is 18.5 Å². The molecule has 1 aromatic carbocycles. The summed E-state index contributed by atoms with van der Waals surface area (Å²) in [4.78, 5) is 2.04. The molecule has 3 nitrogen and oxygen atoms in total. The molecule has 1 unspecified atom stereocenters. The van der Waals surface area contributed by atoms with Crippen LogP contribution in [-0.4, -0.2) is 25.7 Å². The zero-order valence-electron chi connectivity index (χ0n) is 10.6. The largest absolute Gasteiger partial charge is 0.374 e. The molecule has 0 saturated heterocycles. The lowest BCUT2D eigenvalue weighted by Crippen LogP contribution is -2.33. The average molecular weight is 247 g/mol. The van der Waals surface area contributed by atoms with E-state index in [0.29, 0.717) is 6.04 Å². The maximum atomic E-state index is 12.8. The predicted octanol–water partition coefficient (Wildman–Crippen LogP) is 2.30. The Morgan fingerprint density at radius 3 is 2.67 bits per heavy atom. The van der Waals surface area contributed by atoms with Gasteiger partial charge in [-0.3, -0.25) is 5.32 Å². The second-order valence-electron chi connectivity index (χ2n) is 4.81. The van der Waals surface area contributed by atoms with Gasteiger partial charge in [-0.05, 0) is 43.5 Å². The van der Waals surface area contributed by atoms with E-state index in [1.165, 1.54) is 25.0 Å². The van der Waals surface area contributed by atoms with Gasteiger partial charge in [0, 0.05) is 25.3 Å². The van der Waals surface area contributed by atoms with Crippen molar-refractivity contribution in [2.45, 2.75) is 31.3 Å². The molecule has 0 radical (unpaired) electrons. The van der Waals surface area contributed by atoms with E-state index in [9.17, 15) is 4.39 Å². The van der Waals surface area contributed by atoms with Crippen molar-refractivity contribution in [3.05, 3.63) is 30.1 Å². The summed E-state index contributed by atoms with van der Waals surface area (Å²) in [6.45, 7) is 0.781. The van der Waals surface area contributed by atoms with E-state index in [2.05, 4.69) is 11.4 Å². The van der Waals surface area contributed by atoms with Crippen LogP contribution in [0.25, 0.3) is 0 Å². The Morgan fingerprint density at radius 1 is 1.44 bits per heavy atom. The van der Waals surface area contributed by atoms with Crippen molar-refractivity contribution in [1.82, 2.24) is 5.32 Å². The van der Waals surface area contributed by atoms with Crippen LogP contribution in [0.1, 0.15) is 19.3 Å². The third kappa shape index (κ3) is 3.71. The third-order valence-corrected chi connectivity index (χ3v) is 3.19. The number of hydrogen-bond donors (Lipinski definition) is 1. The molecule has 0 bridgehead atoms. The number of anilines is 1. The predicted molar refractivity (Wildman–Crippen MR) is 69.8 cm³/mol. The van der Waals surface area contributed by atoms with Gasteiger partial charge in [-0.1, -0.05) is 0 Å². The molecule has 1 aliphatic rings. The van der Waals surface area contributed by atoms with Gasteiger partial charge < -0.3 is 4.90 Å². The van der Waals surface area contributed by atoms with Crippen LogP contribution in [0, 0.1) is 17.1 Å². The van der Waals surface area contributed by atoms with Crippen LogP contribution in [0.4, 0.5) is 10.1 Å². The van der Waals surface area contributed by atoms with Gasteiger partial charge in [-0.2, -0.15) is 5.26 Å². The molecular weight excluding hydrogens is 229 g/mol. The van der Waals surface area contributed by atoms with Crippen molar-refractivity contribution in [3.8, 4) is 6.07 Å². The van der Waals surface area contributed by atoms with Crippen LogP contribution in [0.3, 0.4) is 0 Å². The maximum absolute atomic E-state index is 12.8. The van der Waals surface area contributed by atoms with E-state index in [-0.39, 0.29) is 11.9 Å². The zero-order valence-corrected chi connectivity index (χ0v) is 10.6. The number of nitriles is 1. The molecule has 2 rings (SSSR count). The van der Waals surface area contributed by atoms with Crippen molar-refractivity contribution in [3.63, 3.8) is 0 Å². The second-order valence-corrected chi connectivity index (χ2v) is 4.81. The van der Waals surface area contributed by atoms with Crippen LogP contribution in [0.2, 0.25) is 0 Å². The van der Waals surface area contributed by atoms with Crippen LogP contribution in [-0.2, 0) is 0 Å². The van der Waals surface area contributed by atoms with Crippen LogP contribution >= 0.6 is 0 Å². The first-order valence-corrected chi connectivity index (χ1v) is 6.31. The van der Waals surface area contributed by atoms with Gasteiger partial charge in [0.25, 0.3) is 0 Å². The van der Waals surface area contributed by atoms with E-state index in [1.807, 2.05) is 11.9 Å². The maximum Gasteiger partial charge on any atom is 0.123 e. The van der Waals surface area contributed by atoms with Crippen LogP contribution < -0.4 is 10.2 Å². The molecule has 0 heterocycles. The Labute approximate surface area is 107 Å². The first-order chi connectivity index (χ1) is 8.69. The monoisotopic (exact) mass is 247 g/mol. The van der Waals surface area contributed by atoms with E-state index < -0.39 is 0 Å². The summed E-state index contributed by atoms with van der Waals surface area (Å²) in [6.07, 6.45) is 3.15. The molecule has 0 spiro atoms. The highest BCUT2D eigenvalue weighted by Gasteiger charge is 2.24. The highest BCUT2D eigenvalue weighted by Crippen LogP contribution is 2.20. The van der Waals surface area contributed by atoms with Gasteiger partial charge in [0.2, 0.25) is 0 Å². The molecule has 1 aliphatic carbocycles. The summed E-state index contributed by atoms with van der Waals surface area (Å²) >= 11 is 0. The van der Waals surface area contributed by atoms with Gasteiger partial charge in [0.05, 0.1) is 12.1 Å². The Balaban J connectivity index is 1.81. The molecule has 96 valence electrons. The molecule has 18 heavy (non-hydrogen) atoms. The highest BCUT2D eigenvalue weighted by molar-refractivity contribution is 5.45. The van der Waals surface area contributed by atoms with Crippen LogP contribution in [0.5, 0.6) is 0 Å². The number of halogens is 1. The number of benzene rings is 1. The minimum absolute atomic E-state index is 0.0830. The van der Waals surface area contributed by atoms with E-state index in [0.717, 1.165) is 18.7 Å². The normalized spacial score (nSPS) is 16.1. The summed E-state index contributed by atoms with van der Waals surface area (Å²) in [6, 6.07) is 9.17. The van der Waals surface area contributed by atoms with Gasteiger partial charge >= 0.3 is 0 Å². The number of nitrogens with one attached hydrogen (secondary N) is 1. The average Bonchev–Trinajstić information content (AvgIpc) is 3.18. The number of rotatable bonds is 6. The molecular formula is C14H18FN3. The van der Waals surface area contributed by atoms with E-state index in [1.54, 1.807) is 12.1 Å². The van der Waals surface area contributed by atoms with Gasteiger partial charge in [0.15, 0.2) is 0 Å². The number of nitrogens with zero attached hydrogens (tertiary/aromatic N) is 2. The number of hydrogen-bond acceptors (Lipinski definition) is 3. The first-order valence-electron chi connectivity index (χ1n) is 6.31. The molecule has 1 atom stereocenters. The quantitative estimate of drug-likeness (QED) is 0.838. The van der Waals surface area contributed by atoms with E-state index in [4.69, 9.17) is 5.26 Å². The van der Waals surface area contributed by atoms with Crippen molar-refractivity contribution < 1.29 is 4.39 Å². The summed E-state index contributed by atoms with van der Waals surface area (Å²) < 4.78 is 12.8. The molecule has 0 aliphatic heterocycles. The lowest BCUT2D eigenvalue weighted by molar-refractivity contribution is 0.561. The Hall–Kier alpha value is -1.60. The van der Waals surface area contributed by atoms with Gasteiger partial charge in [-0.15, -0.1) is 0 Å². The fraction of sp³-hybridized carbons (Fsp3) is 0.500. The van der Waals surface area contributed by atoms with Crippen molar-refractivity contribution in [1.29, 1.82) is 5.26 Å². The molecule has 0 aromatic heterocycles. The topological polar surface area (TPSA) is 39.1 Å². The molecule has 4 heteroatoms. The van der Waals surface area contributed by atoms with Crippen molar-refractivity contribution >= 4 is 5.69 Å². The van der Waals surface area contributed by atoms with Gasteiger partial charge in [-0.25, -0.2) is 4.39 Å². The summed E-state index contributed by atoms with van der Waals surface area (Å²) in [7, 11) is 1.96. The SMILES string of the molecule is CN(CCC(C#N)NC1CC1)c1ccc(F)cc1. The van der Waals surface area contributed by atoms with E-state index >= 15 is 0 Å².